The summed E-state index contributed by atoms with van der Waals surface area (Å²) >= 11 is 5.59. The van der Waals surface area contributed by atoms with Gasteiger partial charge in [-0.3, -0.25) is 0 Å². The van der Waals surface area contributed by atoms with Gasteiger partial charge in [0, 0.05) is 20.2 Å². The number of hydrogen-bond donors (Lipinski definition) is 0. The molecule has 0 aliphatic rings. The van der Waals surface area contributed by atoms with Crippen LogP contribution in [0.3, 0.4) is 0 Å². The van der Waals surface area contributed by atoms with Gasteiger partial charge in [0.1, 0.15) is 12.4 Å². The Kier molecular flexibility index (Phi) is 5.68. The van der Waals surface area contributed by atoms with E-state index in [2.05, 4.69) is 24.7 Å². The van der Waals surface area contributed by atoms with Crippen LogP contribution in [0.5, 0.6) is 0 Å². The predicted molar refractivity (Wildman–Crippen MR) is 75.6 cm³/mol. The van der Waals surface area contributed by atoms with E-state index in [4.69, 9.17) is 16.3 Å². The van der Waals surface area contributed by atoms with Crippen molar-refractivity contribution in [3.63, 3.8) is 0 Å². The summed E-state index contributed by atoms with van der Waals surface area (Å²) in [6, 6.07) is 0.900. The SMILES string of the molecule is Cc1nn(COCC[Si](C)(C)C)c(C(F)(F)F)c1CCl. The number of aryl methyl sites for hydroxylation is 1. The fourth-order valence-corrected chi connectivity index (χ4v) is 2.80. The van der Waals surface area contributed by atoms with Crippen LogP contribution in [0.1, 0.15) is 17.0 Å². The largest absolute Gasteiger partial charge is 0.433 e. The van der Waals surface area contributed by atoms with Gasteiger partial charge >= 0.3 is 6.18 Å². The first-order valence-electron chi connectivity index (χ1n) is 6.33. The quantitative estimate of drug-likeness (QED) is 0.443. The summed E-state index contributed by atoms with van der Waals surface area (Å²) < 4.78 is 45.3. The van der Waals surface area contributed by atoms with Crippen molar-refractivity contribution in [1.82, 2.24) is 9.78 Å². The standard InChI is InChI=1S/C12H20ClF3N2OSi/c1-9-10(7-13)11(12(14,15)16)18(17-9)8-19-5-6-20(2,3)4/h5-8H2,1-4H3. The summed E-state index contributed by atoms with van der Waals surface area (Å²) in [5.41, 5.74) is -0.493. The van der Waals surface area contributed by atoms with Crippen LogP contribution in [0, 0.1) is 6.92 Å². The highest BCUT2D eigenvalue weighted by atomic mass is 35.5. The van der Waals surface area contributed by atoms with Crippen molar-refractivity contribution >= 4 is 19.7 Å². The van der Waals surface area contributed by atoms with Crippen LogP contribution in [0.25, 0.3) is 0 Å². The lowest BCUT2D eigenvalue weighted by atomic mass is 10.2. The Morgan fingerprint density at radius 1 is 1.30 bits per heavy atom. The second-order valence-electron chi connectivity index (χ2n) is 5.89. The van der Waals surface area contributed by atoms with Crippen LogP contribution in [-0.2, 0) is 23.5 Å². The first-order chi connectivity index (χ1) is 9.06. The van der Waals surface area contributed by atoms with E-state index in [1.807, 2.05) is 0 Å². The van der Waals surface area contributed by atoms with Crippen molar-refractivity contribution in [3.05, 3.63) is 17.0 Å². The Morgan fingerprint density at radius 3 is 2.35 bits per heavy atom. The van der Waals surface area contributed by atoms with Gasteiger partial charge in [0.2, 0.25) is 0 Å². The third kappa shape index (κ3) is 4.78. The lowest BCUT2D eigenvalue weighted by molar-refractivity contribution is -0.147. The molecule has 0 aliphatic carbocycles. The summed E-state index contributed by atoms with van der Waals surface area (Å²) in [6.07, 6.45) is -4.48. The van der Waals surface area contributed by atoms with Gasteiger partial charge < -0.3 is 4.74 Å². The molecular formula is C12H20ClF3N2OSi. The van der Waals surface area contributed by atoms with E-state index >= 15 is 0 Å². The molecule has 0 unspecified atom stereocenters. The molecule has 20 heavy (non-hydrogen) atoms. The van der Waals surface area contributed by atoms with E-state index in [0.29, 0.717) is 12.3 Å². The van der Waals surface area contributed by atoms with Gasteiger partial charge in [-0.05, 0) is 13.0 Å². The van der Waals surface area contributed by atoms with Gasteiger partial charge in [0.15, 0.2) is 0 Å². The molecule has 0 radical (unpaired) electrons. The topological polar surface area (TPSA) is 27.1 Å². The van der Waals surface area contributed by atoms with E-state index in [0.717, 1.165) is 10.7 Å². The summed E-state index contributed by atoms with van der Waals surface area (Å²) in [4.78, 5) is 0. The normalized spacial score (nSPS) is 13.0. The van der Waals surface area contributed by atoms with Crippen molar-refractivity contribution in [2.75, 3.05) is 6.61 Å². The molecule has 0 fully saturated rings. The fourth-order valence-electron chi connectivity index (χ4n) is 1.72. The number of halogens is 4. The maximum atomic E-state index is 13.0. The molecule has 0 amide bonds. The average Bonchev–Trinajstić information content (AvgIpc) is 2.59. The minimum atomic E-state index is -4.48. The zero-order valence-electron chi connectivity index (χ0n) is 12.1. The van der Waals surface area contributed by atoms with E-state index in [-0.39, 0.29) is 18.2 Å². The minimum Gasteiger partial charge on any atom is -0.360 e. The van der Waals surface area contributed by atoms with Gasteiger partial charge in [0.05, 0.1) is 11.6 Å². The highest BCUT2D eigenvalue weighted by molar-refractivity contribution is 6.76. The number of aromatic nitrogens is 2. The Hall–Kier alpha value is -0.533. The molecule has 0 spiro atoms. The van der Waals surface area contributed by atoms with Gasteiger partial charge in [-0.15, -0.1) is 11.6 Å². The second kappa shape index (κ2) is 6.49. The maximum absolute atomic E-state index is 13.0. The van der Waals surface area contributed by atoms with Crippen molar-refractivity contribution in [2.45, 2.75) is 51.4 Å². The van der Waals surface area contributed by atoms with Gasteiger partial charge in [0.25, 0.3) is 0 Å². The summed E-state index contributed by atoms with van der Waals surface area (Å²) in [6.45, 7) is 8.31. The molecule has 0 saturated heterocycles. The monoisotopic (exact) mass is 328 g/mol. The lowest BCUT2D eigenvalue weighted by Crippen LogP contribution is -2.23. The zero-order valence-corrected chi connectivity index (χ0v) is 13.9. The minimum absolute atomic E-state index is 0.0213. The molecule has 1 rings (SSSR count). The van der Waals surface area contributed by atoms with Crippen molar-refractivity contribution < 1.29 is 17.9 Å². The number of hydrogen-bond acceptors (Lipinski definition) is 2. The van der Waals surface area contributed by atoms with Crippen molar-refractivity contribution in [2.24, 2.45) is 0 Å². The highest BCUT2D eigenvalue weighted by Crippen LogP contribution is 2.34. The summed E-state index contributed by atoms with van der Waals surface area (Å²) in [7, 11) is -1.26. The Bertz CT molecular complexity index is 455. The molecule has 1 aromatic rings. The van der Waals surface area contributed by atoms with E-state index < -0.39 is 19.9 Å². The van der Waals surface area contributed by atoms with E-state index in [1.165, 1.54) is 6.92 Å². The third-order valence-electron chi connectivity index (χ3n) is 2.86. The van der Waals surface area contributed by atoms with Crippen molar-refractivity contribution in [1.29, 1.82) is 0 Å². The van der Waals surface area contributed by atoms with Crippen LogP contribution < -0.4 is 0 Å². The first kappa shape index (κ1) is 17.5. The van der Waals surface area contributed by atoms with Crippen LogP contribution in [0.2, 0.25) is 25.7 Å². The lowest BCUT2D eigenvalue weighted by Gasteiger charge is -2.16. The first-order valence-corrected chi connectivity index (χ1v) is 10.6. The maximum Gasteiger partial charge on any atom is 0.433 e. The van der Waals surface area contributed by atoms with Crippen LogP contribution in [-0.4, -0.2) is 24.5 Å². The smallest absolute Gasteiger partial charge is 0.360 e. The molecule has 3 nitrogen and oxygen atoms in total. The molecule has 1 aromatic heterocycles. The number of alkyl halides is 4. The molecule has 116 valence electrons. The number of nitrogens with zero attached hydrogens (tertiary/aromatic N) is 2. The van der Waals surface area contributed by atoms with Crippen LogP contribution in [0.15, 0.2) is 0 Å². The van der Waals surface area contributed by atoms with Crippen molar-refractivity contribution in [3.8, 4) is 0 Å². The number of ether oxygens (including phenoxy) is 1. The van der Waals surface area contributed by atoms with Crippen LogP contribution >= 0.6 is 11.6 Å². The summed E-state index contributed by atoms with van der Waals surface area (Å²) in [5.74, 6) is -0.213. The molecule has 0 aliphatic heterocycles. The second-order valence-corrected chi connectivity index (χ2v) is 11.8. The van der Waals surface area contributed by atoms with Gasteiger partial charge in [-0.1, -0.05) is 19.6 Å². The molecular weight excluding hydrogens is 309 g/mol. The Morgan fingerprint density at radius 2 is 1.90 bits per heavy atom. The average molecular weight is 329 g/mol. The van der Waals surface area contributed by atoms with Crippen LogP contribution in [0.4, 0.5) is 13.2 Å². The Labute approximate surface area is 123 Å². The van der Waals surface area contributed by atoms with Gasteiger partial charge in [-0.2, -0.15) is 18.3 Å². The number of rotatable bonds is 6. The third-order valence-corrected chi connectivity index (χ3v) is 4.83. The highest BCUT2D eigenvalue weighted by Gasteiger charge is 2.39. The zero-order chi connectivity index (χ0) is 15.6. The molecule has 8 heteroatoms. The molecule has 0 atom stereocenters. The van der Waals surface area contributed by atoms with E-state index in [1.54, 1.807) is 0 Å². The fraction of sp³-hybridized carbons (Fsp3) is 0.750. The molecule has 0 bridgehead atoms. The molecule has 0 N–H and O–H groups in total. The predicted octanol–water partition coefficient (Wildman–Crippen LogP) is 4.26. The molecule has 1 heterocycles. The Balaban J connectivity index is 2.80. The van der Waals surface area contributed by atoms with E-state index in [9.17, 15) is 13.2 Å². The van der Waals surface area contributed by atoms with Gasteiger partial charge in [-0.25, -0.2) is 4.68 Å². The molecule has 0 aromatic carbocycles. The summed E-state index contributed by atoms with van der Waals surface area (Å²) in [5, 5.41) is 3.88. The molecule has 0 saturated carbocycles.